The number of pyridine rings is 1. The van der Waals surface area contributed by atoms with Crippen molar-refractivity contribution in [2.75, 3.05) is 26.2 Å². The first-order valence-electron chi connectivity index (χ1n) is 23.0. The summed E-state index contributed by atoms with van der Waals surface area (Å²) >= 11 is 0. The van der Waals surface area contributed by atoms with Gasteiger partial charge in [0, 0.05) is 69.5 Å². The van der Waals surface area contributed by atoms with E-state index in [2.05, 4.69) is 38.9 Å². The molecule has 8 N–H and O–H groups in total. The van der Waals surface area contributed by atoms with E-state index in [-0.39, 0.29) is 71.5 Å². The van der Waals surface area contributed by atoms with Crippen LogP contribution in [0.4, 0.5) is 0 Å². The zero-order valence-corrected chi connectivity index (χ0v) is 36.4. The fourth-order valence-corrected chi connectivity index (χ4v) is 10.8. The second-order valence-corrected chi connectivity index (χ2v) is 18.2. The number of carbonyl (C=O) groups is 1. The van der Waals surface area contributed by atoms with Crippen molar-refractivity contribution < 1.29 is 39.1 Å². The van der Waals surface area contributed by atoms with Gasteiger partial charge in [0.1, 0.15) is 12.2 Å². The SMILES string of the molecule is CC(=O)O[C@H]1C[C@@H](c2cc(O)c(O)c(OCCc3cccnc3)c2)O[C@@H]2[C@H]1CC[C@@H]1C#C[C@@H]3[C@@H](CCC[C@@]34CCN=C(NCCCC3=CCNC(N)=C3)N4)Oc3cc(ccc3O)C[C@H]21. The number of rotatable bonds is 10. The molecule has 3 fully saturated rings. The predicted molar refractivity (Wildman–Crippen MR) is 240 cm³/mol. The van der Waals surface area contributed by atoms with Crippen LogP contribution in [0.2, 0.25) is 0 Å². The molecular weight excluding hydrogens is 813 g/mol. The first kappa shape index (κ1) is 43.2. The Morgan fingerprint density at radius 1 is 1.06 bits per heavy atom. The van der Waals surface area contributed by atoms with E-state index in [1.807, 2.05) is 30.3 Å². The first-order chi connectivity index (χ1) is 31.1. The van der Waals surface area contributed by atoms with Gasteiger partial charge in [-0.05, 0) is 116 Å². The lowest BCUT2D eigenvalue weighted by Crippen LogP contribution is -2.64. The summed E-state index contributed by atoms with van der Waals surface area (Å²) in [5.41, 5.74) is 9.41. The van der Waals surface area contributed by atoms with Gasteiger partial charge in [0.2, 0.25) is 5.75 Å². The topological polar surface area (TPSA) is 202 Å². The van der Waals surface area contributed by atoms with Crippen LogP contribution < -0.4 is 31.2 Å². The number of carbonyl (C=O) groups excluding carboxylic acids is 1. The first-order valence-corrected chi connectivity index (χ1v) is 23.0. The highest BCUT2D eigenvalue weighted by molar-refractivity contribution is 5.81. The second kappa shape index (κ2) is 19.0. The molecule has 2 saturated carbocycles. The molecule has 6 aliphatic rings. The minimum absolute atomic E-state index is 0.0604. The lowest BCUT2D eigenvalue weighted by molar-refractivity contribution is -0.196. The van der Waals surface area contributed by atoms with Gasteiger partial charge in [0.05, 0.1) is 36.1 Å². The van der Waals surface area contributed by atoms with Crippen molar-refractivity contribution in [3.8, 4) is 40.6 Å². The number of guanidine groups is 1. The van der Waals surface area contributed by atoms with Crippen LogP contribution in [0.3, 0.4) is 0 Å². The number of allylic oxidation sites excluding steroid dienone is 2. The van der Waals surface area contributed by atoms with Crippen molar-refractivity contribution in [1.29, 1.82) is 0 Å². The minimum Gasteiger partial charge on any atom is -0.504 e. The standard InChI is InChI=1S/C50H60N6O8/c1-30(57)62-43-28-42(35-26-40(59)47(60)45(27-35)61-22-15-32-6-3-18-52-29-32)64-48-36(43)11-9-34-10-12-38-41(63-44-24-33(23-37(34)48)8-13-39(44)58)7-2-16-50(38)17-21-55-49(56-50)54-19-4-5-31-14-20-53-46(51)25-31/h3,6,8,13-14,18,24-27,29,34,36-38,41-43,48,53,58-60H,2,4-5,7,9,11,15-17,19-23,28,51H2,1H3,(H2,54,55,56)/t34-,36+,37+,38-,41-,42+,43+,48-,50-/m1/s1. The number of dihydropyridines is 1. The number of hydrogen-bond acceptors (Lipinski definition) is 14. The number of benzene rings is 2. The molecule has 0 unspecified atom stereocenters. The van der Waals surface area contributed by atoms with Gasteiger partial charge in [-0.2, -0.15) is 0 Å². The molecule has 1 saturated heterocycles. The maximum absolute atomic E-state index is 12.7. The smallest absolute Gasteiger partial charge is 0.302 e. The predicted octanol–water partition coefficient (Wildman–Crippen LogP) is 5.82. The summed E-state index contributed by atoms with van der Waals surface area (Å²) in [5.74, 6) is 8.28. The Bertz CT molecular complexity index is 2340. The molecular formula is C50H60N6O8. The van der Waals surface area contributed by atoms with Crippen molar-refractivity contribution in [2.45, 2.75) is 108 Å². The Labute approximate surface area is 374 Å². The fraction of sp³-hybridized carbons (Fsp3) is 0.500. The molecule has 9 rings (SSSR count). The molecule has 1 aromatic heterocycles. The Morgan fingerprint density at radius 3 is 2.81 bits per heavy atom. The summed E-state index contributed by atoms with van der Waals surface area (Å²) in [5, 5.41) is 43.6. The number of phenolic OH excluding ortho intramolecular Hbond substituents is 3. The molecule has 64 heavy (non-hydrogen) atoms. The van der Waals surface area contributed by atoms with Gasteiger partial charge in [-0.25, -0.2) is 0 Å². The number of ether oxygens (including phenoxy) is 4. The van der Waals surface area contributed by atoms with E-state index in [0.717, 1.165) is 81.5 Å². The number of nitrogens with one attached hydrogen (secondary N) is 3. The zero-order valence-electron chi connectivity index (χ0n) is 36.4. The summed E-state index contributed by atoms with van der Waals surface area (Å²) in [6.45, 7) is 3.85. The van der Waals surface area contributed by atoms with Crippen molar-refractivity contribution in [3.63, 3.8) is 0 Å². The maximum Gasteiger partial charge on any atom is 0.302 e. The van der Waals surface area contributed by atoms with E-state index < -0.39 is 17.7 Å². The molecule has 14 nitrogen and oxygen atoms in total. The van der Waals surface area contributed by atoms with Gasteiger partial charge in [-0.1, -0.05) is 30.0 Å². The van der Waals surface area contributed by atoms with Crippen LogP contribution in [0.15, 0.2) is 83.4 Å². The van der Waals surface area contributed by atoms with Crippen LogP contribution in [0.5, 0.6) is 28.7 Å². The molecule has 0 radical (unpaired) electrons. The summed E-state index contributed by atoms with van der Waals surface area (Å²) in [6, 6.07) is 12.6. The number of aromatic nitrogens is 1. The van der Waals surface area contributed by atoms with Gasteiger partial charge in [-0.15, -0.1) is 0 Å². The summed E-state index contributed by atoms with van der Waals surface area (Å²) < 4.78 is 26.1. The van der Waals surface area contributed by atoms with Crippen molar-refractivity contribution in [1.82, 2.24) is 20.9 Å². The van der Waals surface area contributed by atoms with E-state index in [9.17, 15) is 20.1 Å². The van der Waals surface area contributed by atoms with E-state index in [1.54, 1.807) is 24.5 Å². The Kier molecular flexibility index (Phi) is 12.8. The lowest BCUT2D eigenvalue weighted by Gasteiger charge is -2.49. The summed E-state index contributed by atoms with van der Waals surface area (Å²) in [7, 11) is 0. The number of hydrogen-bond donors (Lipinski definition) is 7. The highest BCUT2D eigenvalue weighted by Gasteiger charge is 2.51. The monoisotopic (exact) mass is 872 g/mol. The number of fused-ring (bicyclic) bond motifs is 7. The van der Waals surface area contributed by atoms with Gasteiger partial charge in [-0.3, -0.25) is 14.8 Å². The van der Waals surface area contributed by atoms with E-state index >= 15 is 0 Å². The third-order valence-electron chi connectivity index (χ3n) is 14.0. The van der Waals surface area contributed by atoms with Crippen LogP contribution >= 0.6 is 0 Å². The zero-order chi connectivity index (χ0) is 44.2. The van der Waals surface area contributed by atoms with Crippen LogP contribution in [-0.4, -0.2) is 82.3 Å². The van der Waals surface area contributed by atoms with Crippen LogP contribution in [0.25, 0.3) is 0 Å². The summed E-state index contributed by atoms with van der Waals surface area (Å²) in [6.07, 6.45) is 14.3. The van der Waals surface area contributed by atoms with Crippen LogP contribution in [0.1, 0.15) is 87.5 Å². The van der Waals surface area contributed by atoms with E-state index in [0.29, 0.717) is 42.9 Å². The molecule has 4 aliphatic heterocycles. The molecule has 2 bridgehead atoms. The van der Waals surface area contributed by atoms with E-state index in [1.165, 1.54) is 18.6 Å². The average Bonchev–Trinajstić information content (AvgIpc) is 3.30. The number of nitrogens with zero attached hydrogens (tertiary/aromatic N) is 2. The Hall–Kier alpha value is -6.07. The van der Waals surface area contributed by atoms with Crippen molar-refractivity contribution >= 4 is 11.9 Å². The molecule has 338 valence electrons. The van der Waals surface area contributed by atoms with E-state index in [4.69, 9.17) is 29.7 Å². The van der Waals surface area contributed by atoms with Gasteiger partial charge < -0.3 is 56.0 Å². The van der Waals surface area contributed by atoms with Crippen LogP contribution in [0, 0.1) is 35.5 Å². The highest BCUT2D eigenvalue weighted by atomic mass is 16.6. The van der Waals surface area contributed by atoms with Gasteiger partial charge in [0.25, 0.3) is 0 Å². The van der Waals surface area contributed by atoms with Crippen LogP contribution in [-0.2, 0) is 27.1 Å². The Morgan fingerprint density at radius 2 is 1.97 bits per heavy atom. The number of phenols is 3. The minimum atomic E-state index is -0.588. The lowest BCUT2D eigenvalue weighted by atomic mass is 9.65. The van der Waals surface area contributed by atoms with Gasteiger partial charge in [0.15, 0.2) is 29.0 Å². The second-order valence-electron chi connectivity index (χ2n) is 18.2. The molecule has 3 aromatic rings. The molecule has 5 heterocycles. The highest BCUT2D eigenvalue weighted by Crippen LogP contribution is 2.50. The average molecular weight is 873 g/mol. The number of nitrogens with two attached hydrogens (primary N) is 1. The fourth-order valence-electron chi connectivity index (χ4n) is 10.8. The molecule has 2 aliphatic carbocycles. The number of aromatic hydroxyl groups is 3. The molecule has 2 aromatic carbocycles. The molecule has 1 spiro atoms. The maximum atomic E-state index is 12.7. The summed E-state index contributed by atoms with van der Waals surface area (Å²) in [4.78, 5) is 21.7. The normalized spacial score (nSPS) is 29.4. The number of esters is 1. The third-order valence-corrected chi connectivity index (χ3v) is 14.0. The molecule has 9 atom stereocenters. The van der Waals surface area contributed by atoms with Crippen molar-refractivity contribution in [3.05, 3.63) is 95.1 Å². The molecule has 14 heteroatoms. The van der Waals surface area contributed by atoms with Crippen molar-refractivity contribution in [2.24, 2.45) is 34.4 Å². The largest absolute Gasteiger partial charge is 0.504 e. The Balaban J connectivity index is 0.993. The number of aliphatic imine (C=N–C) groups is 1. The quantitative estimate of drug-likeness (QED) is 0.0557. The van der Waals surface area contributed by atoms with Gasteiger partial charge >= 0.3 is 5.97 Å². The third kappa shape index (κ3) is 9.55. The molecule has 0 amide bonds.